The summed E-state index contributed by atoms with van der Waals surface area (Å²) in [4.78, 5) is 27.2. The molecule has 2 aromatic carbocycles. The third-order valence-electron chi connectivity index (χ3n) is 6.00. The zero-order chi connectivity index (χ0) is 23.4. The van der Waals surface area contributed by atoms with Gasteiger partial charge in [0.05, 0.1) is 19.9 Å². The normalized spacial score (nSPS) is 14.2. The fourth-order valence-electron chi connectivity index (χ4n) is 4.19. The number of nitrogens with one attached hydrogen (secondary N) is 1. The molecular formula is C24H29N5O4. The van der Waals surface area contributed by atoms with Gasteiger partial charge in [-0.3, -0.25) is 0 Å². The number of rotatable bonds is 6. The SMILES string of the molecule is COc1ccc(CNC(=O)N2CCC(c3nn(C)c(=O)n3-c3ccccc3)CC2)cc1OC. The molecule has 4 rings (SSSR count). The molecule has 0 saturated carbocycles. The largest absolute Gasteiger partial charge is 0.493 e. The summed E-state index contributed by atoms with van der Waals surface area (Å²) in [6.45, 7) is 1.59. The number of methoxy groups -OCH3 is 2. The van der Waals surface area contributed by atoms with Crippen molar-refractivity contribution in [3.05, 3.63) is 70.4 Å². The van der Waals surface area contributed by atoms with Crippen LogP contribution in [0.2, 0.25) is 0 Å². The number of ether oxygens (including phenoxy) is 2. The highest BCUT2D eigenvalue weighted by Gasteiger charge is 2.28. The highest BCUT2D eigenvalue weighted by molar-refractivity contribution is 5.74. The number of carbonyl (C=O) groups is 1. The average molecular weight is 452 g/mol. The second kappa shape index (κ2) is 9.81. The molecule has 0 radical (unpaired) electrons. The highest BCUT2D eigenvalue weighted by atomic mass is 16.5. The molecule has 9 nitrogen and oxygen atoms in total. The number of urea groups is 1. The molecule has 0 unspecified atom stereocenters. The molecule has 0 bridgehead atoms. The summed E-state index contributed by atoms with van der Waals surface area (Å²) in [5.41, 5.74) is 1.57. The lowest BCUT2D eigenvalue weighted by molar-refractivity contribution is 0.179. The molecule has 0 spiro atoms. The van der Waals surface area contributed by atoms with Crippen molar-refractivity contribution in [1.82, 2.24) is 24.6 Å². The maximum absolute atomic E-state index is 12.7. The smallest absolute Gasteiger partial charge is 0.350 e. The van der Waals surface area contributed by atoms with Gasteiger partial charge in [0.15, 0.2) is 11.5 Å². The van der Waals surface area contributed by atoms with Crippen LogP contribution >= 0.6 is 0 Å². The molecule has 0 aliphatic carbocycles. The summed E-state index contributed by atoms with van der Waals surface area (Å²) in [6, 6.07) is 15.0. The first-order chi connectivity index (χ1) is 16.0. The molecule has 1 aromatic heterocycles. The first-order valence-electron chi connectivity index (χ1n) is 11.0. The standard InChI is InChI=1S/C24H29N5O4/c1-27-24(31)29(19-7-5-4-6-8-19)22(26-27)18-11-13-28(14-12-18)23(30)25-16-17-9-10-20(32-2)21(15-17)33-3/h4-10,15,18H,11-14,16H2,1-3H3,(H,25,30). The molecule has 1 fully saturated rings. The molecule has 1 saturated heterocycles. The van der Waals surface area contributed by atoms with E-state index in [1.165, 1.54) is 4.68 Å². The van der Waals surface area contributed by atoms with E-state index in [2.05, 4.69) is 10.4 Å². The van der Waals surface area contributed by atoms with Crippen LogP contribution in [0.5, 0.6) is 11.5 Å². The number of amides is 2. The second-order valence-corrected chi connectivity index (χ2v) is 8.04. The molecule has 174 valence electrons. The number of carbonyl (C=O) groups excluding carboxylic acids is 1. The van der Waals surface area contributed by atoms with Gasteiger partial charge in [0.1, 0.15) is 5.82 Å². The number of hydrogen-bond donors (Lipinski definition) is 1. The van der Waals surface area contributed by atoms with Crippen LogP contribution in [0.15, 0.2) is 53.3 Å². The average Bonchev–Trinajstić information content (AvgIpc) is 3.16. The Kier molecular flexibility index (Phi) is 6.67. The van der Waals surface area contributed by atoms with Gasteiger partial charge in [-0.2, -0.15) is 5.10 Å². The first-order valence-corrected chi connectivity index (χ1v) is 11.0. The van der Waals surface area contributed by atoms with Crippen LogP contribution in [0, 0.1) is 0 Å². The van der Waals surface area contributed by atoms with E-state index in [1.54, 1.807) is 25.8 Å². The number of aryl methyl sites for hydroxylation is 1. The summed E-state index contributed by atoms with van der Waals surface area (Å²) >= 11 is 0. The zero-order valence-corrected chi connectivity index (χ0v) is 19.2. The lowest BCUT2D eigenvalue weighted by Crippen LogP contribution is -2.44. The van der Waals surface area contributed by atoms with Crippen molar-refractivity contribution in [3.8, 4) is 17.2 Å². The van der Waals surface area contributed by atoms with Crippen molar-refractivity contribution in [2.24, 2.45) is 7.05 Å². The molecular weight excluding hydrogens is 422 g/mol. The molecule has 2 amide bonds. The van der Waals surface area contributed by atoms with Crippen LogP contribution in [0.25, 0.3) is 5.69 Å². The Labute approximate surface area is 192 Å². The zero-order valence-electron chi connectivity index (χ0n) is 19.2. The maximum atomic E-state index is 12.7. The third kappa shape index (κ3) is 4.72. The third-order valence-corrected chi connectivity index (χ3v) is 6.00. The number of nitrogens with zero attached hydrogens (tertiary/aromatic N) is 4. The number of piperidine rings is 1. The number of benzene rings is 2. The van der Waals surface area contributed by atoms with E-state index in [4.69, 9.17) is 9.47 Å². The highest BCUT2D eigenvalue weighted by Crippen LogP contribution is 2.29. The Balaban J connectivity index is 1.38. The van der Waals surface area contributed by atoms with Crippen LogP contribution in [0.4, 0.5) is 4.79 Å². The van der Waals surface area contributed by atoms with Crippen molar-refractivity contribution in [1.29, 1.82) is 0 Å². The Morgan fingerprint density at radius 3 is 2.42 bits per heavy atom. The summed E-state index contributed by atoms with van der Waals surface area (Å²) < 4.78 is 13.6. The first kappa shape index (κ1) is 22.4. The summed E-state index contributed by atoms with van der Waals surface area (Å²) in [6.07, 6.45) is 1.49. The minimum Gasteiger partial charge on any atom is -0.493 e. The van der Waals surface area contributed by atoms with E-state index in [-0.39, 0.29) is 17.6 Å². The van der Waals surface area contributed by atoms with Crippen LogP contribution in [-0.2, 0) is 13.6 Å². The lowest BCUT2D eigenvalue weighted by atomic mass is 9.96. The van der Waals surface area contributed by atoms with Crippen LogP contribution in [0.1, 0.15) is 30.1 Å². The summed E-state index contributed by atoms with van der Waals surface area (Å²) in [5, 5.41) is 7.49. The maximum Gasteiger partial charge on any atom is 0.350 e. The van der Waals surface area contributed by atoms with Gasteiger partial charge in [-0.25, -0.2) is 18.8 Å². The van der Waals surface area contributed by atoms with Gasteiger partial charge >= 0.3 is 11.7 Å². The van der Waals surface area contributed by atoms with E-state index in [9.17, 15) is 9.59 Å². The Bertz CT molecular complexity index is 1160. The second-order valence-electron chi connectivity index (χ2n) is 8.04. The van der Waals surface area contributed by atoms with Crippen LogP contribution in [-0.4, -0.2) is 52.6 Å². The van der Waals surface area contributed by atoms with Crippen LogP contribution in [0.3, 0.4) is 0 Å². The molecule has 33 heavy (non-hydrogen) atoms. The lowest BCUT2D eigenvalue weighted by Gasteiger charge is -2.31. The van der Waals surface area contributed by atoms with E-state index in [0.29, 0.717) is 31.1 Å². The topological polar surface area (TPSA) is 90.6 Å². The molecule has 2 heterocycles. The van der Waals surface area contributed by atoms with Gasteiger partial charge in [-0.15, -0.1) is 0 Å². The molecule has 1 aliphatic heterocycles. The van der Waals surface area contributed by atoms with Gasteiger partial charge in [-0.05, 0) is 42.7 Å². The number of hydrogen-bond acceptors (Lipinski definition) is 5. The fourth-order valence-corrected chi connectivity index (χ4v) is 4.19. The van der Waals surface area contributed by atoms with Gasteiger partial charge in [-0.1, -0.05) is 24.3 Å². The number of para-hydroxylation sites is 1. The molecule has 9 heteroatoms. The van der Waals surface area contributed by atoms with Gasteiger partial charge in [0, 0.05) is 32.6 Å². The Morgan fingerprint density at radius 1 is 1.06 bits per heavy atom. The minimum absolute atomic E-state index is 0.106. The van der Waals surface area contributed by atoms with Crippen molar-refractivity contribution in [2.45, 2.75) is 25.3 Å². The van der Waals surface area contributed by atoms with E-state index < -0.39 is 0 Å². The molecule has 3 aromatic rings. The summed E-state index contributed by atoms with van der Waals surface area (Å²) in [7, 11) is 4.85. The molecule has 1 aliphatic rings. The molecule has 0 atom stereocenters. The van der Waals surface area contributed by atoms with Gasteiger partial charge in [0.2, 0.25) is 0 Å². The Hall–Kier alpha value is -3.75. The van der Waals surface area contributed by atoms with E-state index >= 15 is 0 Å². The quantitative estimate of drug-likeness (QED) is 0.622. The summed E-state index contributed by atoms with van der Waals surface area (Å²) in [5.74, 6) is 2.14. The molecule has 1 N–H and O–H groups in total. The van der Waals surface area contributed by atoms with Crippen molar-refractivity contribution in [3.63, 3.8) is 0 Å². The Morgan fingerprint density at radius 2 is 1.76 bits per heavy atom. The van der Waals surface area contributed by atoms with Gasteiger partial charge in [0.25, 0.3) is 0 Å². The predicted octanol–water partition coefficient (Wildman–Crippen LogP) is 2.68. The predicted molar refractivity (Wildman–Crippen MR) is 124 cm³/mol. The van der Waals surface area contributed by atoms with Gasteiger partial charge < -0.3 is 19.7 Å². The monoisotopic (exact) mass is 451 g/mol. The number of aromatic nitrogens is 3. The fraction of sp³-hybridized carbons (Fsp3) is 0.375. The minimum atomic E-state index is -0.161. The number of likely N-dealkylation sites (tertiary alicyclic amines) is 1. The van der Waals surface area contributed by atoms with E-state index in [0.717, 1.165) is 29.9 Å². The van der Waals surface area contributed by atoms with Crippen molar-refractivity contribution in [2.75, 3.05) is 27.3 Å². The van der Waals surface area contributed by atoms with Crippen molar-refractivity contribution < 1.29 is 14.3 Å². The van der Waals surface area contributed by atoms with E-state index in [1.807, 2.05) is 53.4 Å². The van der Waals surface area contributed by atoms with Crippen LogP contribution < -0.4 is 20.5 Å². The van der Waals surface area contributed by atoms with Crippen molar-refractivity contribution >= 4 is 6.03 Å².